The Kier molecular flexibility index (Phi) is 9.81. The number of rotatable bonds is 9. The maximum atomic E-state index is 12.6. The first kappa shape index (κ1) is 25.0. The zero-order chi connectivity index (χ0) is 23.5. The Morgan fingerprint density at radius 2 is 1.72 bits per heavy atom. The Labute approximate surface area is 189 Å². The highest BCUT2D eigenvalue weighted by atomic mass is 16.7. The van der Waals surface area contributed by atoms with Gasteiger partial charge < -0.3 is 29.7 Å². The first-order chi connectivity index (χ1) is 15.5. The topological polar surface area (TPSA) is 89.1 Å². The van der Waals surface area contributed by atoms with Crippen molar-refractivity contribution in [2.75, 3.05) is 45.4 Å². The van der Waals surface area contributed by atoms with E-state index in [4.69, 9.17) is 14.2 Å². The van der Waals surface area contributed by atoms with E-state index in [0.717, 1.165) is 19.6 Å². The third-order valence-electron chi connectivity index (χ3n) is 4.95. The number of hydrogen-bond acceptors (Lipinski definition) is 6. The van der Waals surface area contributed by atoms with Gasteiger partial charge in [-0.3, -0.25) is 9.59 Å². The fraction of sp³-hybridized carbons (Fsp3) is 0.417. The van der Waals surface area contributed by atoms with Crippen molar-refractivity contribution in [1.82, 2.24) is 10.2 Å². The van der Waals surface area contributed by atoms with Gasteiger partial charge in [-0.05, 0) is 43.4 Å². The molecule has 0 atom stereocenters. The molecule has 3 rings (SSSR count). The number of hydrogen-bond donors (Lipinski definition) is 2. The molecule has 8 heteroatoms. The van der Waals surface area contributed by atoms with Crippen molar-refractivity contribution < 1.29 is 23.8 Å². The quantitative estimate of drug-likeness (QED) is 0.613. The number of nitrogens with one attached hydrogen (secondary N) is 2. The predicted octanol–water partition coefficient (Wildman–Crippen LogP) is 3.77. The van der Waals surface area contributed by atoms with Crippen LogP contribution in [0.25, 0.3) is 0 Å². The van der Waals surface area contributed by atoms with Gasteiger partial charge in [0.05, 0.1) is 12.7 Å². The second-order valence-electron chi connectivity index (χ2n) is 6.72. The SMILES string of the molecule is CC.CCN(CC)CCNC(=O)c1ccc(NC(=O)c2ccc3c(c2)OCO3)cc1OC. The van der Waals surface area contributed by atoms with Crippen molar-refractivity contribution >= 4 is 17.5 Å². The van der Waals surface area contributed by atoms with Crippen LogP contribution in [0.15, 0.2) is 36.4 Å². The second-order valence-corrected chi connectivity index (χ2v) is 6.72. The summed E-state index contributed by atoms with van der Waals surface area (Å²) in [6.45, 7) is 11.5. The highest BCUT2D eigenvalue weighted by molar-refractivity contribution is 6.05. The van der Waals surface area contributed by atoms with E-state index in [1.807, 2.05) is 13.8 Å². The molecular weight excluding hydrogens is 410 g/mol. The maximum Gasteiger partial charge on any atom is 0.255 e. The number of likely N-dealkylation sites (N-methyl/N-ethyl adjacent to an activating group) is 1. The molecule has 1 heterocycles. The number of methoxy groups -OCH3 is 1. The average molecular weight is 444 g/mol. The number of fused-ring (bicyclic) bond motifs is 1. The standard InChI is InChI=1S/C22H27N3O5.C2H6/c1-4-25(5-2)11-10-23-22(27)17-8-7-16(13-19(17)28-3)24-21(26)15-6-9-18-20(12-15)30-14-29-18;1-2/h6-9,12-13H,4-5,10-11,14H2,1-3H3,(H,23,27)(H,24,26);1-2H3. The molecule has 1 aliphatic rings. The Morgan fingerprint density at radius 3 is 2.41 bits per heavy atom. The molecular formula is C24H33N3O5. The summed E-state index contributed by atoms with van der Waals surface area (Å²) < 4.78 is 15.9. The fourth-order valence-corrected chi connectivity index (χ4v) is 3.16. The number of amides is 2. The van der Waals surface area contributed by atoms with Gasteiger partial charge in [0.2, 0.25) is 6.79 Å². The van der Waals surface area contributed by atoms with Crippen LogP contribution in [0, 0.1) is 0 Å². The van der Waals surface area contributed by atoms with Gasteiger partial charge in [0.1, 0.15) is 5.75 Å². The number of anilines is 1. The van der Waals surface area contributed by atoms with Crippen molar-refractivity contribution in [3.05, 3.63) is 47.5 Å². The molecule has 0 spiro atoms. The lowest BCUT2D eigenvalue weighted by Gasteiger charge is -2.18. The molecule has 2 aromatic carbocycles. The molecule has 8 nitrogen and oxygen atoms in total. The summed E-state index contributed by atoms with van der Waals surface area (Å²) in [6.07, 6.45) is 0. The minimum absolute atomic E-state index is 0.149. The van der Waals surface area contributed by atoms with Crippen LogP contribution in [0.4, 0.5) is 5.69 Å². The average Bonchev–Trinajstić information content (AvgIpc) is 3.31. The van der Waals surface area contributed by atoms with Gasteiger partial charge in [-0.1, -0.05) is 27.7 Å². The molecule has 0 radical (unpaired) electrons. The van der Waals surface area contributed by atoms with E-state index >= 15 is 0 Å². The molecule has 174 valence electrons. The van der Waals surface area contributed by atoms with Gasteiger partial charge in [0, 0.05) is 30.4 Å². The highest BCUT2D eigenvalue weighted by Crippen LogP contribution is 2.33. The van der Waals surface area contributed by atoms with Crippen LogP contribution in [0.3, 0.4) is 0 Å². The van der Waals surface area contributed by atoms with Crippen molar-refractivity contribution in [3.63, 3.8) is 0 Å². The zero-order valence-corrected chi connectivity index (χ0v) is 19.5. The smallest absolute Gasteiger partial charge is 0.255 e. The number of carbonyl (C=O) groups excluding carboxylic acids is 2. The van der Waals surface area contributed by atoms with E-state index in [-0.39, 0.29) is 18.6 Å². The van der Waals surface area contributed by atoms with Gasteiger partial charge in [0.25, 0.3) is 11.8 Å². The maximum absolute atomic E-state index is 12.6. The minimum atomic E-state index is -0.299. The first-order valence-corrected chi connectivity index (χ1v) is 10.9. The minimum Gasteiger partial charge on any atom is -0.496 e. The summed E-state index contributed by atoms with van der Waals surface area (Å²) >= 11 is 0. The number of ether oxygens (including phenoxy) is 3. The van der Waals surface area contributed by atoms with Gasteiger partial charge >= 0.3 is 0 Å². The zero-order valence-electron chi connectivity index (χ0n) is 19.5. The normalized spacial score (nSPS) is 11.4. The van der Waals surface area contributed by atoms with Gasteiger partial charge in [-0.25, -0.2) is 0 Å². The highest BCUT2D eigenvalue weighted by Gasteiger charge is 2.18. The molecule has 2 amide bonds. The molecule has 0 aliphatic carbocycles. The summed E-state index contributed by atoms with van der Waals surface area (Å²) in [5, 5.41) is 5.72. The lowest BCUT2D eigenvalue weighted by molar-refractivity contribution is 0.0945. The van der Waals surface area contributed by atoms with E-state index in [1.54, 1.807) is 36.4 Å². The largest absolute Gasteiger partial charge is 0.496 e. The molecule has 0 saturated heterocycles. The second kappa shape index (κ2) is 12.6. The molecule has 0 bridgehead atoms. The van der Waals surface area contributed by atoms with Gasteiger partial charge in [-0.2, -0.15) is 0 Å². The van der Waals surface area contributed by atoms with Gasteiger partial charge in [-0.15, -0.1) is 0 Å². The van der Waals surface area contributed by atoms with E-state index in [9.17, 15) is 9.59 Å². The summed E-state index contributed by atoms with van der Waals surface area (Å²) in [5.74, 6) is 1.03. The van der Waals surface area contributed by atoms with Crippen LogP contribution in [0.5, 0.6) is 17.2 Å². The molecule has 2 aromatic rings. The van der Waals surface area contributed by atoms with Crippen LogP contribution in [-0.4, -0.2) is 56.8 Å². The van der Waals surface area contributed by atoms with Crippen molar-refractivity contribution in [1.29, 1.82) is 0 Å². The fourth-order valence-electron chi connectivity index (χ4n) is 3.16. The molecule has 0 unspecified atom stereocenters. The van der Waals surface area contributed by atoms with Crippen molar-refractivity contribution in [2.45, 2.75) is 27.7 Å². The lowest BCUT2D eigenvalue weighted by atomic mass is 10.1. The third-order valence-corrected chi connectivity index (χ3v) is 4.95. The Balaban J connectivity index is 0.00000176. The van der Waals surface area contributed by atoms with Crippen LogP contribution >= 0.6 is 0 Å². The lowest BCUT2D eigenvalue weighted by Crippen LogP contribution is -2.34. The summed E-state index contributed by atoms with van der Waals surface area (Å²) in [4.78, 5) is 27.3. The molecule has 1 aliphatic heterocycles. The summed E-state index contributed by atoms with van der Waals surface area (Å²) in [6, 6.07) is 9.94. The van der Waals surface area contributed by atoms with E-state index < -0.39 is 0 Å². The third kappa shape index (κ3) is 6.37. The van der Waals surface area contributed by atoms with Crippen molar-refractivity contribution in [2.24, 2.45) is 0 Å². The van der Waals surface area contributed by atoms with Crippen LogP contribution in [0.1, 0.15) is 48.4 Å². The van der Waals surface area contributed by atoms with Crippen LogP contribution in [0.2, 0.25) is 0 Å². The number of benzene rings is 2. The first-order valence-electron chi connectivity index (χ1n) is 10.9. The molecule has 32 heavy (non-hydrogen) atoms. The molecule has 2 N–H and O–H groups in total. The monoisotopic (exact) mass is 443 g/mol. The number of carbonyl (C=O) groups is 2. The van der Waals surface area contributed by atoms with Crippen LogP contribution < -0.4 is 24.8 Å². The molecule has 0 fully saturated rings. The predicted molar refractivity (Wildman–Crippen MR) is 125 cm³/mol. The van der Waals surface area contributed by atoms with Crippen molar-refractivity contribution in [3.8, 4) is 17.2 Å². The van der Waals surface area contributed by atoms with E-state index in [0.29, 0.717) is 40.6 Å². The van der Waals surface area contributed by atoms with Crippen LogP contribution in [-0.2, 0) is 0 Å². The van der Waals surface area contributed by atoms with E-state index in [2.05, 4.69) is 29.4 Å². The molecule has 0 saturated carbocycles. The van der Waals surface area contributed by atoms with Gasteiger partial charge in [0.15, 0.2) is 11.5 Å². The Morgan fingerprint density at radius 1 is 1.00 bits per heavy atom. The molecule has 0 aromatic heterocycles. The number of nitrogens with zero attached hydrogens (tertiary/aromatic N) is 1. The summed E-state index contributed by atoms with van der Waals surface area (Å²) in [5.41, 5.74) is 1.38. The Hall–Kier alpha value is -3.26. The Bertz CT molecular complexity index is 913. The van der Waals surface area contributed by atoms with E-state index in [1.165, 1.54) is 7.11 Å². The summed E-state index contributed by atoms with van der Waals surface area (Å²) in [7, 11) is 1.49.